The van der Waals surface area contributed by atoms with Crippen molar-refractivity contribution in [3.63, 3.8) is 0 Å². The molecule has 98 valence electrons. The molecule has 0 aliphatic heterocycles. The number of anilines is 1. The number of hydrogen-bond donors (Lipinski definition) is 1. The van der Waals surface area contributed by atoms with Crippen LogP contribution in [-0.4, -0.2) is 24.4 Å². The van der Waals surface area contributed by atoms with Crippen molar-refractivity contribution in [1.82, 2.24) is 0 Å². The molecular formula is C16H11NO3. The van der Waals surface area contributed by atoms with E-state index in [2.05, 4.69) is 5.32 Å². The van der Waals surface area contributed by atoms with Gasteiger partial charge in [-0.15, -0.1) is 0 Å². The first-order valence-corrected chi connectivity index (χ1v) is 6.23. The molecule has 0 bridgehead atoms. The topological polar surface area (TPSA) is 63.2 Å². The van der Waals surface area contributed by atoms with Gasteiger partial charge in [-0.3, -0.25) is 9.59 Å². The van der Waals surface area contributed by atoms with Crippen LogP contribution >= 0.6 is 0 Å². The lowest BCUT2D eigenvalue weighted by Crippen LogP contribution is -2.22. The highest BCUT2D eigenvalue weighted by Gasteiger charge is 2.30. The van der Waals surface area contributed by atoms with Crippen molar-refractivity contribution in [1.29, 1.82) is 0 Å². The first kappa shape index (κ1) is 12.3. The molecule has 0 amide bonds. The zero-order valence-electron chi connectivity index (χ0n) is 10.6. The molecule has 1 N–H and O–H groups in total. The van der Waals surface area contributed by atoms with Crippen LogP contribution in [-0.2, 0) is 4.79 Å². The predicted molar refractivity (Wildman–Crippen MR) is 74.3 cm³/mol. The number of benzene rings is 2. The number of nitrogens with one attached hydrogen (secondary N) is 1. The molecule has 0 saturated heterocycles. The fourth-order valence-electron chi connectivity index (χ4n) is 2.44. The Labute approximate surface area is 115 Å². The minimum Gasteiger partial charge on any atom is -0.378 e. The van der Waals surface area contributed by atoms with Gasteiger partial charge >= 0.3 is 0 Å². The van der Waals surface area contributed by atoms with Gasteiger partial charge in [-0.05, 0) is 6.07 Å². The van der Waals surface area contributed by atoms with Crippen molar-refractivity contribution in [2.75, 3.05) is 11.9 Å². The SMILES string of the molecule is O=CCNc1cccc2c1C(=O)c1ccccc1C2=O. The summed E-state index contributed by atoms with van der Waals surface area (Å²) in [6, 6.07) is 11.8. The zero-order valence-corrected chi connectivity index (χ0v) is 10.6. The summed E-state index contributed by atoms with van der Waals surface area (Å²) in [6.07, 6.45) is 0.711. The third kappa shape index (κ3) is 1.73. The van der Waals surface area contributed by atoms with Crippen molar-refractivity contribution in [3.8, 4) is 0 Å². The highest BCUT2D eigenvalue weighted by molar-refractivity contribution is 6.30. The van der Waals surface area contributed by atoms with Crippen molar-refractivity contribution >= 4 is 23.5 Å². The van der Waals surface area contributed by atoms with E-state index < -0.39 is 0 Å². The van der Waals surface area contributed by atoms with Gasteiger partial charge in [0, 0.05) is 22.4 Å². The maximum absolute atomic E-state index is 12.6. The van der Waals surface area contributed by atoms with Crippen molar-refractivity contribution in [2.24, 2.45) is 0 Å². The third-order valence-electron chi connectivity index (χ3n) is 3.33. The molecule has 1 aliphatic rings. The molecule has 4 nitrogen and oxygen atoms in total. The summed E-state index contributed by atoms with van der Waals surface area (Å²) in [5, 5.41) is 2.86. The first-order chi connectivity index (χ1) is 9.74. The summed E-state index contributed by atoms with van der Waals surface area (Å²) >= 11 is 0. The van der Waals surface area contributed by atoms with Gasteiger partial charge in [0.05, 0.1) is 12.1 Å². The van der Waals surface area contributed by atoms with E-state index in [9.17, 15) is 14.4 Å². The van der Waals surface area contributed by atoms with Crippen molar-refractivity contribution in [2.45, 2.75) is 0 Å². The molecule has 3 rings (SSSR count). The van der Waals surface area contributed by atoms with Crippen LogP contribution in [0.25, 0.3) is 0 Å². The van der Waals surface area contributed by atoms with Gasteiger partial charge in [0.1, 0.15) is 6.29 Å². The Morgan fingerprint density at radius 3 is 2.20 bits per heavy atom. The highest BCUT2D eigenvalue weighted by atomic mass is 16.1. The van der Waals surface area contributed by atoms with Crippen molar-refractivity contribution < 1.29 is 14.4 Å². The quantitative estimate of drug-likeness (QED) is 0.736. The molecule has 0 spiro atoms. The molecule has 1 aliphatic carbocycles. The van der Waals surface area contributed by atoms with E-state index in [1.165, 1.54) is 0 Å². The molecule has 4 heteroatoms. The molecule has 0 atom stereocenters. The van der Waals surface area contributed by atoms with Crippen LogP contribution in [0.1, 0.15) is 31.8 Å². The van der Waals surface area contributed by atoms with Crippen LogP contribution in [0.3, 0.4) is 0 Å². The Kier molecular flexibility index (Phi) is 2.91. The van der Waals surface area contributed by atoms with Crippen LogP contribution in [0.4, 0.5) is 5.69 Å². The lowest BCUT2D eigenvalue weighted by atomic mass is 9.83. The Morgan fingerprint density at radius 2 is 1.50 bits per heavy atom. The average Bonchev–Trinajstić information content (AvgIpc) is 2.50. The number of fused-ring (bicyclic) bond motifs is 2. The fourth-order valence-corrected chi connectivity index (χ4v) is 2.44. The molecular weight excluding hydrogens is 254 g/mol. The summed E-state index contributed by atoms with van der Waals surface area (Å²) in [7, 11) is 0. The van der Waals surface area contributed by atoms with Crippen LogP contribution in [0.5, 0.6) is 0 Å². The van der Waals surface area contributed by atoms with E-state index in [1.807, 2.05) is 0 Å². The number of aldehydes is 1. The molecule has 0 unspecified atom stereocenters. The Morgan fingerprint density at radius 1 is 0.850 bits per heavy atom. The smallest absolute Gasteiger partial charge is 0.196 e. The predicted octanol–water partition coefficient (Wildman–Crippen LogP) is 2.07. The second-order valence-corrected chi connectivity index (χ2v) is 4.48. The highest BCUT2D eigenvalue weighted by Crippen LogP contribution is 2.31. The lowest BCUT2D eigenvalue weighted by Gasteiger charge is -2.20. The summed E-state index contributed by atoms with van der Waals surface area (Å²) in [5.41, 5.74) is 2.08. The van der Waals surface area contributed by atoms with Gasteiger partial charge in [0.2, 0.25) is 0 Å². The normalized spacial score (nSPS) is 12.6. The van der Waals surface area contributed by atoms with Crippen molar-refractivity contribution in [3.05, 3.63) is 64.7 Å². The monoisotopic (exact) mass is 265 g/mol. The van der Waals surface area contributed by atoms with Gasteiger partial charge in [-0.25, -0.2) is 0 Å². The van der Waals surface area contributed by atoms with Gasteiger partial charge < -0.3 is 10.1 Å². The summed E-state index contributed by atoms with van der Waals surface area (Å²) in [4.78, 5) is 35.5. The zero-order chi connectivity index (χ0) is 14.1. The van der Waals surface area contributed by atoms with Crippen LogP contribution in [0, 0.1) is 0 Å². The summed E-state index contributed by atoms with van der Waals surface area (Å²) < 4.78 is 0. The largest absolute Gasteiger partial charge is 0.378 e. The van der Waals surface area contributed by atoms with Gasteiger partial charge in [-0.2, -0.15) is 0 Å². The number of hydrogen-bond acceptors (Lipinski definition) is 4. The van der Waals surface area contributed by atoms with Gasteiger partial charge in [0.25, 0.3) is 0 Å². The van der Waals surface area contributed by atoms with E-state index in [4.69, 9.17) is 0 Å². The number of carbonyl (C=O) groups excluding carboxylic acids is 3. The molecule has 20 heavy (non-hydrogen) atoms. The van der Waals surface area contributed by atoms with Gasteiger partial charge in [0.15, 0.2) is 11.6 Å². The molecule has 0 radical (unpaired) electrons. The van der Waals surface area contributed by atoms with Gasteiger partial charge in [-0.1, -0.05) is 36.4 Å². The first-order valence-electron chi connectivity index (χ1n) is 6.23. The number of rotatable bonds is 3. The minimum atomic E-state index is -0.191. The molecule has 0 fully saturated rings. The fraction of sp³-hybridized carbons (Fsp3) is 0.0625. The van der Waals surface area contributed by atoms with E-state index in [0.29, 0.717) is 34.2 Å². The molecule has 0 aromatic heterocycles. The van der Waals surface area contributed by atoms with Crippen LogP contribution in [0.15, 0.2) is 42.5 Å². The second-order valence-electron chi connectivity index (χ2n) is 4.48. The van der Waals surface area contributed by atoms with E-state index in [1.54, 1.807) is 42.5 Å². The maximum atomic E-state index is 12.6. The van der Waals surface area contributed by atoms with Crippen LogP contribution < -0.4 is 5.32 Å². The third-order valence-corrected chi connectivity index (χ3v) is 3.33. The molecule has 2 aromatic carbocycles. The molecule has 0 heterocycles. The standard InChI is InChI=1S/C16H11NO3/c18-9-8-17-13-7-3-6-12-14(13)16(20)11-5-2-1-4-10(11)15(12)19/h1-7,9,17H,8H2. The van der Waals surface area contributed by atoms with E-state index in [0.717, 1.165) is 0 Å². The Balaban J connectivity index is 2.20. The summed E-state index contributed by atoms with van der Waals surface area (Å²) in [6.45, 7) is 0.0968. The Hall–Kier alpha value is -2.75. The number of ketones is 2. The maximum Gasteiger partial charge on any atom is 0.196 e. The summed E-state index contributed by atoms with van der Waals surface area (Å²) in [5.74, 6) is -0.353. The van der Waals surface area contributed by atoms with E-state index >= 15 is 0 Å². The molecule has 2 aromatic rings. The second kappa shape index (κ2) is 4.74. The molecule has 0 saturated carbocycles. The average molecular weight is 265 g/mol. The van der Waals surface area contributed by atoms with Crippen LogP contribution in [0.2, 0.25) is 0 Å². The Bertz CT molecular complexity index is 734. The van der Waals surface area contributed by atoms with E-state index in [-0.39, 0.29) is 18.1 Å². The lowest BCUT2D eigenvalue weighted by molar-refractivity contribution is -0.106. The number of carbonyl (C=O) groups is 3. The minimum absolute atomic E-state index is 0.0968.